The average molecular weight is 331 g/mol. The van der Waals surface area contributed by atoms with Crippen LogP contribution in [0.3, 0.4) is 0 Å². The molecule has 0 saturated heterocycles. The predicted octanol–water partition coefficient (Wildman–Crippen LogP) is 4.02. The lowest BCUT2D eigenvalue weighted by Gasteiger charge is -2.13. The molecule has 0 amide bonds. The number of hydrogen-bond acceptors (Lipinski definition) is 3. The lowest BCUT2D eigenvalue weighted by atomic mass is 10.2. The van der Waals surface area contributed by atoms with Crippen LogP contribution >= 0.6 is 15.9 Å². The van der Waals surface area contributed by atoms with Crippen LogP contribution in [0.1, 0.15) is 19.9 Å². The molecule has 2 aromatic heterocycles. The summed E-state index contributed by atoms with van der Waals surface area (Å²) in [5.41, 5.74) is 9.69. The average Bonchev–Trinajstić information content (AvgIpc) is 2.81. The summed E-state index contributed by atoms with van der Waals surface area (Å²) in [6, 6.07) is 8.22. The molecule has 0 unspecified atom stereocenters. The van der Waals surface area contributed by atoms with Crippen molar-refractivity contribution in [1.29, 1.82) is 0 Å². The van der Waals surface area contributed by atoms with Gasteiger partial charge in [-0.2, -0.15) is 0 Å². The third kappa shape index (κ3) is 2.08. The Morgan fingerprint density at radius 2 is 2.05 bits per heavy atom. The van der Waals surface area contributed by atoms with E-state index < -0.39 is 0 Å². The van der Waals surface area contributed by atoms with Gasteiger partial charge in [0.15, 0.2) is 0 Å². The Bertz CT molecular complexity index is 777. The fraction of sp³-hybridized carbons (Fsp3) is 0.200. The summed E-state index contributed by atoms with van der Waals surface area (Å²) in [5, 5.41) is 0. The normalized spacial score (nSPS) is 11.4. The van der Waals surface area contributed by atoms with E-state index in [4.69, 9.17) is 10.7 Å². The van der Waals surface area contributed by atoms with E-state index in [0.29, 0.717) is 11.7 Å². The monoisotopic (exact) mass is 330 g/mol. The highest BCUT2D eigenvalue weighted by molar-refractivity contribution is 9.10. The number of nitrogens with zero attached hydrogens (tertiary/aromatic N) is 3. The third-order valence-corrected chi connectivity index (χ3v) is 3.98. The number of nitrogen functional groups attached to an aromatic ring is 1. The van der Waals surface area contributed by atoms with Gasteiger partial charge in [-0.1, -0.05) is 0 Å². The maximum absolute atomic E-state index is 5.98. The van der Waals surface area contributed by atoms with Gasteiger partial charge in [-0.05, 0) is 54.0 Å². The number of fused-ring (bicyclic) bond motifs is 1. The van der Waals surface area contributed by atoms with Gasteiger partial charge in [0.2, 0.25) is 0 Å². The molecule has 20 heavy (non-hydrogen) atoms. The van der Waals surface area contributed by atoms with Crippen LogP contribution in [-0.2, 0) is 0 Å². The van der Waals surface area contributed by atoms with Crippen molar-refractivity contribution in [2.45, 2.75) is 19.9 Å². The Kier molecular flexibility index (Phi) is 3.22. The molecule has 0 atom stereocenters. The molecule has 0 fully saturated rings. The molecular formula is C15H15BrN4. The molecule has 4 nitrogen and oxygen atoms in total. The number of nitrogens with two attached hydrogens (primary N) is 1. The highest BCUT2D eigenvalue weighted by Crippen LogP contribution is 2.31. The van der Waals surface area contributed by atoms with Gasteiger partial charge in [0, 0.05) is 28.0 Å². The molecule has 0 radical (unpaired) electrons. The molecule has 0 aliphatic heterocycles. The molecular weight excluding hydrogens is 316 g/mol. The minimum Gasteiger partial charge on any atom is -0.398 e. The summed E-state index contributed by atoms with van der Waals surface area (Å²) in [6.07, 6.45) is 3.59. The van der Waals surface area contributed by atoms with E-state index in [1.807, 2.05) is 24.3 Å². The number of pyridine rings is 1. The minimum atomic E-state index is 0.308. The Balaban J connectivity index is 2.29. The summed E-state index contributed by atoms with van der Waals surface area (Å²) in [7, 11) is 0. The zero-order valence-electron chi connectivity index (χ0n) is 11.3. The molecule has 0 aliphatic rings. The van der Waals surface area contributed by atoms with Gasteiger partial charge in [-0.15, -0.1) is 0 Å². The standard InChI is InChI=1S/C15H15BrN4/c1-9(2)20-14-5-6-18-8-13(14)19-15(20)10-3-4-11(16)12(17)7-10/h3-9H,17H2,1-2H3. The van der Waals surface area contributed by atoms with Crippen molar-refractivity contribution in [2.75, 3.05) is 5.73 Å². The van der Waals surface area contributed by atoms with E-state index in [0.717, 1.165) is 26.9 Å². The van der Waals surface area contributed by atoms with Gasteiger partial charge >= 0.3 is 0 Å². The molecule has 0 bridgehead atoms. The van der Waals surface area contributed by atoms with Crippen LogP contribution < -0.4 is 5.73 Å². The number of hydrogen-bond donors (Lipinski definition) is 1. The molecule has 3 rings (SSSR count). The Labute approximate surface area is 125 Å². The fourth-order valence-electron chi connectivity index (χ4n) is 2.36. The zero-order chi connectivity index (χ0) is 14.3. The van der Waals surface area contributed by atoms with E-state index in [9.17, 15) is 0 Å². The number of halogens is 1. The van der Waals surface area contributed by atoms with Gasteiger partial charge in [0.05, 0.1) is 11.7 Å². The van der Waals surface area contributed by atoms with Gasteiger partial charge in [0.25, 0.3) is 0 Å². The highest BCUT2D eigenvalue weighted by Gasteiger charge is 2.15. The molecule has 102 valence electrons. The summed E-state index contributed by atoms with van der Waals surface area (Å²) in [5.74, 6) is 0.919. The maximum atomic E-state index is 5.98. The van der Waals surface area contributed by atoms with Crippen molar-refractivity contribution >= 4 is 32.7 Å². The first-order chi connectivity index (χ1) is 9.58. The van der Waals surface area contributed by atoms with Crippen LogP contribution in [0.15, 0.2) is 41.1 Å². The number of imidazole rings is 1. The zero-order valence-corrected chi connectivity index (χ0v) is 12.9. The van der Waals surface area contributed by atoms with Gasteiger partial charge in [-0.3, -0.25) is 4.98 Å². The molecule has 3 aromatic rings. The number of aromatic nitrogens is 3. The van der Waals surface area contributed by atoms with E-state index in [1.165, 1.54) is 0 Å². The molecule has 2 N–H and O–H groups in total. The predicted molar refractivity (Wildman–Crippen MR) is 85.5 cm³/mol. The largest absolute Gasteiger partial charge is 0.398 e. The quantitative estimate of drug-likeness (QED) is 0.722. The second-order valence-electron chi connectivity index (χ2n) is 5.00. The van der Waals surface area contributed by atoms with Crippen LogP contribution in [0.5, 0.6) is 0 Å². The first kappa shape index (κ1) is 13.1. The second-order valence-corrected chi connectivity index (χ2v) is 5.85. The van der Waals surface area contributed by atoms with E-state index >= 15 is 0 Å². The van der Waals surface area contributed by atoms with Gasteiger partial charge in [-0.25, -0.2) is 4.98 Å². The van der Waals surface area contributed by atoms with Crippen LogP contribution in [0.4, 0.5) is 5.69 Å². The van der Waals surface area contributed by atoms with Crippen LogP contribution in [0, 0.1) is 0 Å². The van der Waals surface area contributed by atoms with Crippen LogP contribution in [0.2, 0.25) is 0 Å². The molecule has 2 heterocycles. The van der Waals surface area contributed by atoms with Crippen molar-refractivity contribution in [3.8, 4) is 11.4 Å². The number of benzene rings is 1. The van der Waals surface area contributed by atoms with E-state index in [1.54, 1.807) is 12.4 Å². The van der Waals surface area contributed by atoms with E-state index in [2.05, 4.69) is 39.3 Å². The third-order valence-electron chi connectivity index (χ3n) is 3.26. The smallest absolute Gasteiger partial charge is 0.141 e. The first-order valence-electron chi connectivity index (χ1n) is 6.45. The number of rotatable bonds is 2. The molecule has 0 aliphatic carbocycles. The second kappa shape index (κ2) is 4.90. The lowest BCUT2D eigenvalue weighted by molar-refractivity contribution is 0.624. The Morgan fingerprint density at radius 1 is 1.25 bits per heavy atom. The minimum absolute atomic E-state index is 0.308. The molecule has 0 saturated carbocycles. The topological polar surface area (TPSA) is 56.7 Å². The van der Waals surface area contributed by atoms with Crippen LogP contribution in [0.25, 0.3) is 22.4 Å². The van der Waals surface area contributed by atoms with Crippen molar-refractivity contribution in [2.24, 2.45) is 0 Å². The first-order valence-corrected chi connectivity index (χ1v) is 7.24. The van der Waals surface area contributed by atoms with Crippen molar-refractivity contribution in [1.82, 2.24) is 14.5 Å². The summed E-state index contributed by atoms with van der Waals surface area (Å²) in [4.78, 5) is 8.85. The van der Waals surface area contributed by atoms with Crippen molar-refractivity contribution < 1.29 is 0 Å². The fourth-order valence-corrected chi connectivity index (χ4v) is 2.61. The van der Waals surface area contributed by atoms with Crippen molar-refractivity contribution in [3.63, 3.8) is 0 Å². The van der Waals surface area contributed by atoms with E-state index in [-0.39, 0.29) is 0 Å². The summed E-state index contributed by atoms with van der Waals surface area (Å²) < 4.78 is 3.11. The SMILES string of the molecule is CC(C)n1c(-c2ccc(Br)c(N)c2)nc2cnccc21. The Hall–Kier alpha value is -1.88. The van der Waals surface area contributed by atoms with Gasteiger partial charge < -0.3 is 10.3 Å². The summed E-state index contributed by atoms with van der Waals surface area (Å²) in [6.45, 7) is 4.29. The highest BCUT2D eigenvalue weighted by atomic mass is 79.9. The van der Waals surface area contributed by atoms with Crippen molar-refractivity contribution in [3.05, 3.63) is 41.1 Å². The lowest BCUT2D eigenvalue weighted by Crippen LogP contribution is -2.03. The number of anilines is 1. The van der Waals surface area contributed by atoms with Gasteiger partial charge in [0.1, 0.15) is 11.3 Å². The summed E-state index contributed by atoms with van der Waals surface area (Å²) >= 11 is 3.42. The maximum Gasteiger partial charge on any atom is 0.141 e. The Morgan fingerprint density at radius 3 is 2.75 bits per heavy atom. The molecule has 1 aromatic carbocycles. The van der Waals surface area contributed by atoms with Crippen LogP contribution in [-0.4, -0.2) is 14.5 Å². The molecule has 5 heteroatoms. The molecule has 0 spiro atoms.